The fourth-order valence-corrected chi connectivity index (χ4v) is 2.71. The average molecular weight is 457 g/mol. The number of carbonyl (C=O) groups is 3. The Hall–Kier alpha value is -3.67. The third-order valence-corrected chi connectivity index (χ3v) is 4.39. The highest BCUT2D eigenvalue weighted by atomic mass is 19.3. The van der Waals surface area contributed by atoms with Crippen LogP contribution in [0.1, 0.15) is 10.4 Å². The summed E-state index contributed by atoms with van der Waals surface area (Å²) in [4.78, 5) is 37.2. The van der Waals surface area contributed by atoms with Gasteiger partial charge in [-0.1, -0.05) is 24.3 Å². The minimum atomic E-state index is -4.62. The van der Waals surface area contributed by atoms with Crippen molar-refractivity contribution in [2.45, 2.75) is 18.6 Å². The first-order valence-corrected chi connectivity index (χ1v) is 9.00. The number of amides is 3. The van der Waals surface area contributed by atoms with Gasteiger partial charge in [-0.2, -0.15) is 17.6 Å². The van der Waals surface area contributed by atoms with Crippen LogP contribution in [0, 0.1) is 0 Å². The van der Waals surface area contributed by atoms with Crippen LogP contribution in [0.2, 0.25) is 0 Å². The number of nitrogens with zero attached hydrogens (tertiary/aromatic N) is 1. The summed E-state index contributed by atoms with van der Waals surface area (Å²) in [5.74, 6) is -3.05. The summed E-state index contributed by atoms with van der Waals surface area (Å²) in [6, 6.07) is 9.16. The van der Waals surface area contributed by atoms with E-state index < -0.39 is 42.0 Å². The molecule has 3 N–H and O–H groups in total. The van der Waals surface area contributed by atoms with E-state index in [1.54, 1.807) is 0 Å². The molecule has 0 radical (unpaired) electrons. The summed E-state index contributed by atoms with van der Waals surface area (Å²) < 4.78 is 54.4. The molecule has 2 rings (SSSR count). The van der Waals surface area contributed by atoms with Crippen LogP contribution in [-0.4, -0.2) is 60.5 Å². The summed E-state index contributed by atoms with van der Waals surface area (Å²) >= 11 is 0. The number of halogens is 4. The van der Waals surface area contributed by atoms with Gasteiger partial charge in [0.05, 0.1) is 0 Å². The maximum absolute atomic E-state index is 13.0. The number of alkyl halides is 4. The molecular weight excluding hydrogens is 438 g/mol. The molecule has 172 valence electrons. The lowest BCUT2D eigenvalue weighted by Gasteiger charge is -2.25. The van der Waals surface area contributed by atoms with Crippen LogP contribution in [0.4, 0.5) is 17.6 Å². The van der Waals surface area contributed by atoms with Gasteiger partial charge < -0.3 is 15.0 Å². The number of nitrogens with one attached hydrogen (secondary N) is 2. The molecule has 0 spiro atoms. The van der Waals surface area contributed by atoms with Crippen LogP contribution in [0.25, 0.3) is 11.1 Å². The Morgan fingerprint density at radius 2 is 1.47 bits per heavy atom. The summed E-state index contributed by atoms with van der Waals surface area (Å²) in [7, 11) is 2.47. The third kappa shape index (κ3) is 5.52. The number of hydrogen-bond acceptors (Lipinski definition) is 5. The fourth-order valence-electron chi connectivity index (χ4n) is 2.71. The van der Waals surface area contributed by atoms with E-state index in [1.807, 2.05) is 0 Å². The van der Waals surface area contributed by atoms with Gasteiger partial charge in [0.25, 0.3) is 17.7 Å². The van der Waals surface area contributed by atoms with Crippen LogP contribution in [-0.2, 0) is 9.59 Å². The molecule has 1 atom stereocenters. The molecule has 12 heteroatoms. The van der Waals surface area contributed by atoms with Gasteiger partial charge in [0.1, 0.15) is 5.75 Å². The first kappa shape index (κ1) is 24.6. The van der Waals surface area contributed by atoms with Gasteiger partial charge >= 0.3 is 12.5 Å². The number of rotatable bonds is 8. The zero-order valence-electron chi connectivity index (χ0n) is 16.8. The Morgan fingerprint density at radius 3 is 1.91 bits per heavy atom. The maximum Gasteiger partial charge on any atom is 0.461 e. The van der Waals surface area contributed by atoms with E-state index in [1.165, 1.54) is 56.0 Å². The molecule has 0 bridgehead atoms. The highest BCUT2D eigenvalue weighted by Gasteiger charge is 2.43. The Kier molecular flexibility index (Phi) is 7.76. The smallest absolute Gasteiger partial charge is 0.428 e. The van der Waals surface area contributed by atoms with Gasteiger partial charge in [0.2, 0.25) is 0 Å². The third-order valence-electron chi connectivity index (χ3n) is 4.39. The lowest BCUT2D eigenvalue weighted by molar-refractivity contribution is -0.253. The summed E-state index contributed by atoms with van der Waals surface area (Å²) in [6.07, 6.45) is -8.59. The Labute approximate surface area is 179 Å². The van der Waals surface area contributed by atoms with E-state index in [2.05, 4.69) is 10.1 Å². The first-order chi connectivity index (χ1) is 15.0. The number of hydrogen-bond donors (Lipinski definition) is 3. The van der Waals surface area contributed by atoms with Crippen molar-refractivity contribution in [3.8, 4) is 16.9 Å². The lowest BCUT2D eigenvalue weighted by Crippen LogP contribution is -2.54. The van der Waals surface area contributed by atoms with Crippen LogP contribution in [0.5, 0.6) is 5.75 Å². The second kappa shape index (κ2) is 10.1. The molecule has 2 aromatic carbocycles. The van der Waals surface area contributed by atoms with Crippen LogP contribution in [0.3, 0.4) is 0 Å². The average Bonchev–Trinajstić information content (AvgIpc) is 2.78. The summed E-state index contributed by atoms with van der Waals surface area (Å²) in [5, 5.41) is 11.0. The SMILES string of the molecule is CNC(=O)C(C(=O)NO)N(C)C(=O)c1ccc(-c2ccc(OC(F)(F)C(F)F)cc2)cc1. The van der Waals surface area contributed by atoms with Crippen molar-refractivity contribution < 1.29 is 41.9 Å². The molecule has 2 aromatic rings. The molecule has 3 amide bonds. The van der Waals surface area contributed by atoms with Crippen molar-refractivity contribution >= 4 is 17.7 Å². The number of carbonyl (C=O) groups excluding carboxylic acids is 3. The monoisotopic (exact) mass is 457 g/mol. The van der Waals surface area contributed by atoms with Crippen LogP contribution in [0.15, 0.2) is 48.5 Å². The standard InChI is InChI=1S/C20H19F4N3O5/c1-25-16(28)15(17(29)26-31)27(2)18(30)13-5-3-11(4-6-13)12-7-9-14(10-8-12)32-20(23,24)19(21)22/h3-10,15,19,31H,1-2H3,(H,25,28)(H,26,29). The Morgan fingerprint density at radius 1 is 0.969 bits per heavy atom. The van der Waals surface area contributed by atoms with E-state index in [4.69, 9.17) is 5.21 Å². The van der Waals surface area contributed by atoms with Gasteiger partial charge in [-0.15, -0.1) is 0 Å². The van der Waals surface area contributed by atoms with Crippen LogP contribution < -0.4 is 15.5 Å². The highest BCUT2D eigenvalue weighted by molar-refractivity contribution is 6.08. The van der Waals surface area contributed by atoms with Crippen molar-refractivity contribution in [3.63, 3.8) is 0 Å². The predicted octanol–water partition coefficient (Wildman–Crippen LogP) is 2.28. The van der Waals surface area contributed by atoms with E-state index in [0.717, 1.165) is 17.0 Å². The minimum Gasteiger partial charge on any atom is -0.428 e. The van der Waals surface area contributed by atoms with E-state index in [-0.39, 0.29) is 5.56 Å². The predicted molar refractivity (Wildman–Crippen MR) is 103 cm³/mol. The molecule has 0 aliphatic heterocycles. The highest BCUT2D eigenvalue weighted by Crippen LogP contribution is 2.29. The normalized spacial score (nSPS) is 12.1. The molecule has 0 saturated heterocycles. The molecule has 0 aliphatic carbocycles. The van der Waals surface area contributed by atoms with E-state index >= 15 is 0 Å². The van der Waals surface area contributed by atoms with Crippen molar-refractivity contribution in [2.24, 2.45) is 0 Å². The van der Waals surface area contributed by atoms with Crippen molar-refractivity contribution in [1.29, 1.82) is 0 Å². The van der Waals surface area contributed by atoms with Gasteiger partial charge in [-0.3, -0.25) is 19.6 Å². The fraction of sp³-hybridized carbons (Fsp3) is 0.250. The van der Waals surface area contributed by atoms with Crippen molar-refractivity contribution in [1.82, 2.24) is 15.7 Å². The molecule has 0 fully saturated rings. The molecular formula is C20H19F4N3O5. The zero-order chi connectivity index (χ0) is 24.1. The Bertz CT molecular complexity index is 952. The lowest BCUT2D eigenvalue weighted by atomic mass is 10.0. The number of ether oxygens (including phenoxy) is 1. The second-order valence-corrected chi connectivity index (χ2v) is 6.48. The Balaban J connectivity index is 2.18. The topological polar surface area (TPSA) is 108 Å². The molecule has 0 heterocycles. The van der Waals surface area contributed by atoms with Gasteiger partial charge in [0, 0.05) is 19.7 Å². The molecule has 0 aliphatic rings. The largest absolute Gasteiger partial charge is 0.461 e. The number of likely N-dealkylation sites (N-methyl/N-ethyl adjacent to an activating group) is 2. The van der Waals surface area contributed by atoms with Crippen molar-refractivity contribution in [2.75, 3.05) is 14.1 Å². The summed E-state index contributed by atoms with van der Waals surface area (Å²) in [5.41, 5.74) is 2.53. The van der Waals surface area contributed by atoms with Gasteiger partial charge in [-0.05, 0) is 35.4 Å². The van der Waals surface area contributed by atoms with Gasteiger partial charge in [-0.25, -0.2) is 5.48 Å². The molecule has 32 heavy (non-hydrogen) atoms. The molecule has 1 unspecified atom stereocenters. The van der Waals surface area contributed by atoms with E-state index in [9.17, 15) is 31.9 Å². The minimum absolute atomic E-state index is 0.118. The van der Waals surface area contributed by atoms with Crippen LogP contribution >= 0.6 is 0 Å². The zero-order valence-corrected chi connectivity index (χ0v) is 16.8. The quantitative estimate of drug-likeness (QED) is 0.244. The molecule has 0 saturated carbocycles. The second-order valence-electron chi connectivity index (χ2n) is 6.48. The maximum atomic E-state index is 13.0. The summed E-state index contributed by atoms with van der Waals surface area (Å²) in [6.45, 7) is 0. The molecule has 0 aromatic heterocycles. The first-order valence-electron chi connectivity index (χ1n) is 9.00. The van der Waals surface area contributed by atoms with Crippen molar-refractivity contribution in [3.05, 3.63) is 54.1 Å². The number of benzene rings is 2. The molecule has 8 nitrogen and oxygen atoms in total. The van der Waals surface area contributed by atoms with Gasteiger partial charge in [0.15, 0.2) is 6.04 Å². The van der Waals surface area contributed by atoms with E-state index in [0.29, 0.717) is 11.1 Å². The number of hydroxylamine groups is 1.